The van der Waals surface area contributed by atoms with Crippen molar-refractivity contribution in [3.05, 3.63) is 43.3 Å². The first-order chi connectivity index (χ1) is 10.4. The number of esters is 3. The molecule has 0 aromatic heterocycles. The van der Waals surface area contributed by atoms with E-state index in [0.717, 1.165) is 0 Å². The molecule has 0 bridgehead atoms. The molecule has 1 unspecified atom stereocenters. The minimum Gasteiger partial charge on any atom is -0.428 e. The van der Waals surface area contributed by atoms with E-state index in [1.54, 1.807) is 0 Å². The molecular weight excluding hydrogens is 424 g/mol. The number of rotatable bonds is 0. The number of hydrogen-bond acceptors (Lipinski definition) is 6. The summed E-state index contributed by atoms with van der Waals surface area (Å²) in [5, 5.41) is 10.6. The van der Waals surface area contributed by atoms with E-state index in [1.807, 2.05) is 0 Å². The number of hydrogen-bond donors (Lipinski definition) is 1. The van der Waals surface area contributed by atoms with Gasteiger partial charge in [-0.1, -0.05) is 15.9 Å². The van der Waals surface area contributed by atoms with Gasteiger partial charge in [-0.25, -0.2) is 14.4 Å². The van der Waals surface area contributed by atoms with Crippen LogP contribution >= 0.6 is 31.9 Å². The van der Waals surface area contributed by atoms with Crippen molar-refractivity contribution in [1.82, 2.24) is 0 Å². The van der Waals surface area contributed by atoms with Gasteiger partial charge in [0.05, 0.1) is 16.7 Å². The molecule has 0 fully saturated rings. The van der Waals surface area contributed by atoms with Crippen LogP contribution in [-0.2, 0) is 9.47 Å². The minimum absolute atomic E-state index is 0.143. The standard InChI is InChI=1S/C14H4Br2O6/c15-5-1-3-7-8-4(12(18)22-13(19)9(5)8)2-6(16)10(7)14(20)21-11(3)17/h1-2,13,19H. The van der Waals surface area contributed by atoms with Crippen molar-refractivity contribution in [1.29, 1.82) is 0 Å². The van der Waals surface area contributed by atoms with E-state index >= 15 is 0 Å². The van der Waals surface area contributed by atoms with Gasteiger partial charge in [-0.3, -0.25) is 0 Å². The summed E-state index contributed by atoms with van der Waals surface area (Å²) in [5.41, 5.74) is 0.745. The van der Waals surface area contributed by atoms with E-state index in [4.69, 9.17) is 9.47 Å². The van der Waals surface area contributed by atoms with Crippen LogP contribution in [0.4, 0.5) is 0 Å². The third-order valence-electron chi connectivity index (χ3n) is 3.64. The fourth-order valence-electron chi connectivity index (χ4n) is 2.77. The SMILES string of the molecule is O=C1OC(=O)c2c(Br)cc3c4c(c(Br)cc1c24)C(O)OC3=O. The Morgan fingerprint density at radius 2 is 1.55 bits per heavy atom. The van der Waals surface area contributed by atoms with Gasteiger partial charge in [-0.15, -0.1) is 0 Å². The summed E-state index contributed by atoms with van der Waals surface area (Å²) in [7, 11) is 0. The van der Waals surface area contributed by atoms with Crippen molar-refractivity contribution in [2.24, 2.45) is 0 Å². The predicted octanol–water partition coefficient (Wildman–Crippen LogP) is 2.84. The summed E-state index contributed by atoms with van der Waals surface area (Å²) < 4.78 is 10.3. The monoisotopic (exact) mass is 426 g/mol. The fraction of sp³-hybridized carbons (Fsp3) is 0.0714. The molecule has 2 aromatic rings. The average molecular weight is 428 g/mol. The van der Waals surface area contributed by atoms with Crippen molar-refractivity contribution in [2.45, 2.75) is 6.29 Å². The van der Waals surface area contributed by atoms with Gasteiger partial charge in [-0.05, 0) is 28.1 Å². The predicted molar refractivity (Wildman–Crippen MR) is 79.5 cm³/mol. The first-order valence-corrected chi connectivity index (χ1v) is 7.63. The number of carbonyl (C=O) groups is 3. The zero-order chi connectivity index (χ0) is 15.8. The van der Waals surface area contributed by atoms with Crippen molar-refractivity contribution >= 4 is 60.5 Å². The lowest BCUT2D eigenvalue weighted by Crippen LogP contribution is -2.25. The Kier molecular flexibility index (Phi) is 2.76. The number of aliphatic hydroxyl groups is 1. The summed E-state index contributed by atoms with van der Waals surface area (Å²) in [6.07, 6.45) is -1.48. The molecule has 0 saturated carbocycles. The van der Waals surface area contributed by atoms with Gasteiger partial charge in [0, 0.05) is 25.3 Å². The van der Waals surface area contributed by atoms with E-state index in [2.05, 4.69) is 31.9 Å². The molecule has 1 atom stereocenters. The highest BCUT2D eigenvalue weighted by molar-refractivity contribution is 9.10. The van der Waals surface area contributed by atoms with Gasteiger partial charge in [0.2, 0.25) is 6.29 Å². The molecule has 0 radical (unpaired) electrons. The Hall–Kier alpha value is -1.77. The number of cyclic esters (lactones) is 3. The molecule has 6 nitrogen and oxygen atoms in total. The maximum atomic E-state index is 12.0. The largest absolute Gasteiger partial charge is 0.428 e. The summed E-state index contributed by atoms with van der Waals surface area (Å²) in [6.45, 7) is 0. The maximum absolute atomic E-state index is 12.0. The van der Waals surface area contributed by atoms with Gasteiger partial charge in [0.25, 0.3) is 0 Å². The molecule has 2 aliphatic heterocycles. The van der Waals surface area contributed by atoms with Gasteiger partial charge < -0.3 is 14.6 Å². The highest BCUT2D eigenvalue weighted by Gasteiger charge is 2.38. The number of aliphatic hydroxyl groups excluding tert-OH is 1. The van der Waals surface area contributed by atoms with E-state index in [9.17, 15) is 19.5 Å². The van der Waals surface area contributed by atoms with Crippen LogP contribution in [0.3, 0.4) is 0 Å². The van der Waals surface area contributed by atoms with Crippen molar-refractivity contribution < 1.29 is 29.0 Å². The van der Waals surface area contributed by atoms with Crippen LogP contribution < -0.4 is 0 Å². The summed E-state index contributed by atoms with van der Waals surface area (Å²) in [4.78, 5) is 36.0. The fourth-order valence-corrected chi connectivity index (χ4v) is 3.98. The van der Waals surface area contributed by atoms with E-state index in [-0.39, 0.29) is 22.1 Å². The normalized spacial score (nSPS) is 19.2. The molecule has 1 N–H and O–H groups in total. The number of benzene rings is 2. The minimum atomic E-state index is -1.48. The Morgan fingerprint density at radius 1 is 0.909 bits per heavy atom. The molecule has 22 heavy (non-hydrogen) atoms. The van der Waals surface area contributed by atoms with Crippen molar-refractivity contribution in [2.75, 3.05) is 0 Å². The molecule has 0 saturated heterocycles. The van der Waals surface area contributed by atoms with Crippen LogP contribution in [0.25, 0.3) is 10.8 Å². The van der Waals surface area contributed by atoms with Crippen LogP contribution in [0.15, 0.2) is 21.1 Å². The molecule has 110 valence electrons. The van der Waals surface area contributed by atoms with Crippen LogP contribution in [0.2, 0.25) is 0 Å². The topological polar surface area (TPSA) is 89.9 Å². The van der Waals surface area contributed by atoms with Gasteiger partial charge in [-0.2, -0.15) is 0 Å². The van der Waals surface area contributed by atoms with Crippen LogP contribution in [0, 0.1) is 0 Å². The zero-order valence-electron chi connectivity index (χ0n) is 10.5. The summed E-state index contributed by atoms with van der Waals surface area (Å²) in [6, 6.07) is 2.86. The molecule has 4 rings (SSSR count). The highest BCUT2D eigenvalue weighted by Crippen LogP contribution is 2.45. The second-order valence-corrected chi connectivity index (χ2v) is 6.49. The lowest BCUT2D eigenvalue weighted by Gasteiger charge is -2.27. The molecule has 2 aliphatic rings. The zero-order valence-corrected chi connectivity index (χ0v) is 13.6. The smallest absolute Gasteiger partial charge is 0.347 e. The second-order valence-electron chi connectivity index (χ2n) is 4.79. The average Bonchev–Trinajstić information content (AvgIpc) is 2.43. The summed E-state index contributed by atoms with van der Waals surface area (Å²) in [5.74, 6) is -2.34. The summed E-state index contributed by atoms with van der Waals surface area (Å²) >= 11 is 6.46. The Bertz CT molecular complexity index is 933. The van der Waals surface area contributed by atoms with Gasteiger partial charge in [0.15, 0.2) is 0 Å². The molecule has 2 aromatic carbocycles. The van der Waals surface area contributed by atoms with E-state index < -0.39 is 24.2 Å². The number of carbonyl (C=O) groups excluding carboxylic acids is 3. The number of ether oxygens (including phenoxy) is 2. The quantitative estimate of drug-likeness (QED) is 0.513. The maximum Gasteiger partial charge on any atom is 0.347 e. The lowest BCUT2D eigenvalue weighted by atomic mass is 9.89. The molecular formula is C14H4Br2O6. The Balaban J connectivity index is 2.33. The third-order valence-corrected chi connectivity index (χ3v) is 4.92. The molecule has 0 spiro atoms. The van der Waals surface area contributed by atoms with E-state index in [0.29, 0.717) is 19.9 Å². The third kappa shape index (κ3) is 1.60. The lowest BCUT2D eigenvalue weighted by molar-refractivity contribution is -0.0690. The highest BCUT2D eigenvalue weighted by atomic mass is 79.9. The number of halogens is 2. The second kappa shape index (κ2) is 4.37. The van der Waals surface area contributed by atoms with Gasteiger partial charge >= 0.3 is 17.9 Å². The van der Waals surface area contributed by atoms with E-state index in [1.165, 1.54) is 12.1 Å². The van der Waals surface area contributed by atoms with Crippen LogP contribution in [0.5, 0.6) is 0 Å². The van der Waals surface area contributed by atoms with Crippen LogP contribution in [0.1, 0.15) is 42.9 Å². The Morgan fingerprint density at radius 3 is 2.27 bits per heavy atom. The first kappa shape index (κ1) is 13.9. The van der Waals surface area contributed by atoms with Crippen molar-refractivity contribution in [3.63, 3.8) is 0 Å². The van der Waals surface area contributed by atoms with Crippen molar-refractivity contribution in [3.8, 4) is 0 Å². The molecule has 2 heterocycles. The first-order valence-electron chi connectivity index (χ1n) is 6.04. The molecule has 8 heteroatoms. The molecule has 0 aliphatic carbocycles. The molecule has 0 amide bonds. The Labute approximate surface area is 139 Å². The van der Waals surface area contributed by atoms with Crippen LogP contribution in [-0.4, -0.2) is 23.0 Å². The van der Waals surface area contributed by atoms with Gasteiger partial charge in [0.1, 0.15) is 0 Å².